The van der Waals surface area contributed by atoms with Gasteiger partial charge in [-0.3, -0.25) is 9.69 Å². The predicted octanol–water partition coefficient (Wildman–Crippen LogP) is 7.21. The van der Waals surface area contributed by atoms with Gasteiger partial charge in [0.2, 0.25) is 0 Å². The number of carbonyl (C=O) groups is 2. The molecular formula is C40H47F4N5O5. The van der Waals surface area contributed by atoms with Gasteiger partial charge < -0.3 is 24.5 Å². The Morgan fingerprint density at radius 2 is 1.63 bits per heavy atom. The molecule has 10 rings (SSSR count). The Kier molecular flexibility index (Phi) is 8.75. The van der Waals surface area contributed by atoms with E-state index in [0.29, 0.717) is 69.0 Å². The minimum absolute atomic E-state index is 0.0324. The monoisotopic (exact) mass is 753 g/mol. The summed E-state index contributed by atoms with van der Waals surface area (Å²) in [4.78, 5) is 37.6. The van der Waals surface area contributed by atoms with Crippen LogP contribution < -0.4 is 10.1 Å². The van der Waals surface area contributed by atoms with Gasteiger partial charge in [-0.25, -0.2) is 23.5 Å². The Morgan fingerprint density at radius 3 is 2.24 bits per heavy atom. The van der Waals surface area contributed by atoms with Crippen molar-refractivity contribution in [3.63, 3.8) is 0 Å². The Balaban J connectivity index is 1.01. The number of ether oxygens (including phenoxy) is 2. The highest BCUT2D eigenvalue weighted by Gasteiger charge is 2.62. The van der Waals surface area contributed by atoms with Crippen molar-refractivity contribution in [3.8, 4) is 17.1 Å². The Labute approximate surface area is 311 Å². The summed E-state index contributed by atoms with van der Waals surface area (Å²) in [6, 6.07) is 5.88. The molecule has 0 atom stereocenters. The van der Waals surface area contributed by atoms with Crippen molar-refractivity contribution in [1.29, 1.82) is 0 Å². The minimum Gasteiger partial charge on any atom is -0.490 e. The molecule has 7 aliphatic rings. The molecule has 1 amide bonds. The SMILES string of the molecule is CC(F)(F)c1nc(-c2cn(C3CCOCC3)c3cc(OC4CCC(N5CC(F)(F)C5)CC4)ccc23)ncc1C(=O)NC1(C(=O)O)C2CC3CC(C2)CC1C3. The molecule has 0 radical (unpaired) electrons. The molecule has 3 aromatic rings. The van der Waals surface area contributed by atoms with Crippen LogP contribution in [0.2, 0.25) is 0 Å². The first kappa shape index (κ1) is 35.9. The van der Waals surface area contributed by atoms with E-state index >= 15 is 8.78 Å². The van der Waals surface area contributed by atoms with Crippen LogP contribution in [0, 0.1) is 23.7 Å². The van der Waals surface area contributed by atoms with Gasteiger partial charge in [0.05, 0.1) is 30.3 Å². The van der Waals surface area contributed by atoms with E-state index in [9.17, 15) is 23.5 Å². The zero-order valence-electron chi connectivity index (χ0n) is 30.4. The highest BCUT2D eigenvalue weighted by Crippen LogP contribution is 2.58. The van der Waals surface area contributed by atoms with Gasteiger partial charge in [-0.15, -0.1) is 0 Å². The summed E-state index contributed by atoms with van der Waals surface area (Å²) < 4.78 is 72.0. The molecule has 2 N–H and O–H groups in total. The first-order valence-corrected chi connectivity index (χ1v) is 19.6. The molecule has 14 heteroatoms. The summed E-state index contributed by atoms with van der Waals surface area (Å²) in [7, 11) is 0. The van der Waals surface area contributed by atoms with E-state index < -0.39 is 40.5 Å². The molecule has 0 unspecified atom stereocenters. The van der Waals surface area contributed by atoms with Gasteiger partial charge in [-0.05, 0) is 106 Å². The molecule has 54 heavy (non-hydrogen) atoms. The van der Waals surface area contributed by atoms with Crippen LogP contribution >= 0.6 is 0 Å². The lowest BCUT2D eigenvalue weighted by Crippen LogP contribution is -2.70. The highest BCUT2D eigenvalue weighted by atomic mass is 19.3. The van der Waals surface area contributed by atoms with E-state index in [2.05, 4.69) is 19.9 Å². The first-order chi connectivity index (χ1) is 25.8. The van der Waals surface area contributed by atoms with E-state index in [1.54, 1.807) is 0 Å². The standard InChI is InChI=1S/C40H47F4N5O5/c1-38(41,42)34-31(36(50)47-40(37(51)52)24-13-22-12-23(15-24)16-25(40)14-22)18-45-35(46-34)32-19-49(27-8-10-53-11-9-27)33-17-29(6-7-30(32)33)54-28-4-2-26(3-5-28)48-20-39(43,44)21-48/h6-7,17-19,22-28H,2-5,8-16,20-21H2,1H3,(H,47,50)(H,51,52). The van der Waals surface area contributed by atoms with Gasteiger partial charge >= 0.3 is 5.97 Å². The zero-order chi connectivity index (χ0) is 37.6. The summed E-state index contributed by atoms with van der Waals surface area (Å²) in [6.07, 6.45) is 11.5. The van der Waals surface area contributed by atoms with Crippen LogP contribution in [0.4, 0.5) is 17.6 Å². The molecule has 0 spiro atoms. The number of alkyl halides is 4. The van der Waals surface area contributed by atoms with E-state index in [1.165, 1.54) is 0 Å². The predicted molar refractivity (Wildman–Crippen MR) is 190 cm³/mol. The second-order valence-electron chi connectivity index (χ2n) is 17.1. The molecule has 5 aliphatic carbocycles. The number of carboxylic acids is 1. The lowest BCUT2D eigenvalue weighted by molar-refractivity contribution is -0.163. The molecular weight excluding hydrogens is 706 g/mol. The van der Waals surface area contributed by atoms with Gasteiger partial charge in [-0.1, -0.05) is 0 Å². The van der Waals surface area contributed by atoms with Crippen molar-refractivity contribution in [2.24, 2.45) is 23.7 Å². The topological polar surface area (TPSA) is 119 Å². The summed E-state index contributed by atoms with van der Waals surface area (Å²) in [5.74, 6) is -7.03. The number of aliphatic carboxylic acids is 1. The number of benzene rings is 1. The summed E-state index contributed by atoms with van der Waals surface area (Å²) in [5.41, 5.74) is -1.34. The molecule has 2 aliphatic heterocycles. The third kappa shape index (κ3) is 6.24. The number of carbonyl (C=O) groups excluding carboxylic acids is 1. The number of fused-ring (bicyclic) bond motifs is 1. The van der Waals surface area contributed by atoms with Gasteiger partial charge in [0.15, 0.2) is 5.82 Å². The Morgan fingerprint density at radius 1 is 0.963 bits per heavy atom. The maximum atomic E-state index is 15.4. The number of rotatable bonds is 9. The van der Waals surface area contributed by atoms with Crippen molar-refractivity contribution < 1.29 is 41.7 Å². The van der Waals surface area contributed by atoms with Crippen LogP contribution in [-0.2, 0) is 15.5 Å². The number of halogens is 4. The fourth-order valence-corrected chi connectivity index (χ4v) is 11.1. The number of hydrogen-bond acceptors (Lipinski definition) is 7. The summed E-state index contributed by atoms with van der Waals surface area (Å²) in [6.45, 7) is 1.50. The molecule has 290 valence electrons. The quantitative estimate of drug-likeness (QED) is 0.220. The molecule has 5 saturated carbocycles. The third-order valence-corrected chi connectivity index (χ3v) is 13.5. The molecule has 7 fully saturated rings. The number of aromatic nitrogens is 3. The lowest BCUT2D eigenvalue weighted by Gasteiger charge is -2.59. The van der Waals surface area contributed by atoms with Gasteiger partial charge in [0, 0.05) is 61.6 Å². The molecule has 1 aromatic carbocycles. The average molecular weight is 754 g/mol. The van der Waals surface area contributed by atoms with Crippen molar-refractivity contribution in [2.45, 2.75) is 113 Å². The van der Waals surface area contributed by atoms with Crippen molar-refractivity contribution in [1.82, 2.24) is 24.8 Å². The fourth-order valence-electron chi connectivity index (χ4n) is 11.1. The van der Waals surface area contributed by atoms with Crippen LogP contribution in [0.15, 0.2) is 30.6 Å². The minimum atomic E-state index is -3.53. The summed E-state index contributed by atoms with van der Waals surface area (Å²) in [5, 5.41) is 14.1. The van der Waals surface area contributed by atoms with Crippen LogP contribution in [0.3, 0.4) is 0 Å². The highest BCUT2D eigenvalue weighted by molar-refractivity contribution is 6.00. The number of amides is 1. The smallest absolute Gasteiger partial charge is 0.330 e. The number of nitrogens with one attached hydrogen (secondary N) is 1. The van der Waals surface area contributed by atoms with Crippen molar-refractivity contribution in [3.05, 3.63) is 41.9 Å². The maximum absolute atomic E-state index is 15.4. The number of hydrogen-bond donors (Lipinski definition) is 2. The van der Waals surface area contributed by atoms with Crippen LogP contribution in [0.25, 0.3) is 22.3 Å². The molecule has 4 bridgehead atoms. The zero-order valence-corrected chi connectivity index (χ0v) is 30.4. The van der Waals surface area contributed by atoms with Crippen molar-refractivity contribution >= 4 is 22.8 Å². The number of carboxylic acid groups (broad SMARTS) is 1. The molecule has 2 saturated heterocycles. The molecule has 4 heterocycles. The van der Waals surface area contributed by atoms with E-state index in [-0.39, 0.29) is 48.9 Å². The summed E-state index contributed by atoms with van der Waals surface area (Å²) >= 11 is 0. The lowest BCUT2D eigenvalue weighted by atomic mass is 9.48. The fraction of sp³-hybridized carbons (Fsp3) is 0.650. The van der Waals surface area contributed by atoms with Crippen LogP contribution in [0.1, 0.15) is 99.6 Å². The molecule has 10 nitrogen and oxygen atoms in total. The second-order valence-corrected chi connectivity index (χ2v) is 17.1. The Bertz CT molecular complexity index is 1910. The normalized spacial score (nSPS) is 32.4. The van der Waals surface area contributed by atoms with E-state index in [0.717, 1.165) is 62.0 Å². The van der Waals surface area contributed by atoms with Gasteiger partial charge in [-0.2, -0.15) is 8.78 Å². The van der Waals surface area contributed by atoms with E-state index in [1.807, 2.05) is 29.3 Å². The van der Waals surface area contributed by atoms with Gasteiger partial charge in [0.25, 0.3) is 17.8 Å². The largest absolute Gasteiger partial charge is 0.490 e. The molecule has 2 aromatic heterocycles. The first-order valence-electron chi connectivity index (χ1n) is 19.6. The average Bonchev–Trinajstić information content (AvgIpc) is 3.50. The van der Waals surface area contributed by atoms with Crippen molar-refractivity contribution in [2.75, 3.05) is 26.3 Å². The Hall–Kier alpha value is -3.78. The second kappa shape index (κ2) is 13.2. The van der Waals surface area contributed by atoms with Crippen LogP contribution in [0.5, 0.6) is 5.75 Å². The van der Waals surface area contributed by atoms with E-state index in [4.69, 9.17) is 9.47 Å². The third-order valence-electron chi connectivity index (χ3n) is 13.5. The number of likely N-dealkylation sites (tertiary alicyclic amines) is 1. The van der Waals surface area contributed by atoms with Gasteiger partial charge in [0.1, 0.15) is 17.0 Å². The van der Waals surface area contributed by atoms with Crippen LogP contribution in [-0.4, -0.2) is 86.3 Å². The maximum Gasteiger partial charge on any atom is 0.330 e. The number of nitrogens with zero attached hydrogens (tertiary/aromatic N) is 4.